The number of rotatable bonds is 3. The zero-order chi connectivity index (χ0) is 14.9. The van der Waals surface area contributed by atoms with E-state index in [1.807, 2.05) is 0 Å². The molecule has 0 amide bonds. The number of nitrogen functional groups attached to an aromatic ring is 1. The maximum Gasteiger partial charge on any atom is 0.267 e. The molecule has 0 aliphatic carbocycles. The summed E-state index contributed by atoms with van der Waals surface area (Å²) in [4.78, 5) is 0. The molecule has 2 nitrogen and oxygen atoms in total. The van der Waals surface area contributed by atoms with E-state index in [1.54, 1.807) is 0 Å². The lowest BCUT2D eigenvalue weighted by Crippen LogP contribution is -1.96. The molecule has 0 heterocycles. The molecule has 0 atom stereocenters. The summed E-state index contributed by atoms with van der Waals surface area (Å²) in [6.07, 6.45) is -2.76. The maximum absolute atomic E-state index is 13.4. The minimum atomic E-state index is -2.76. The Balaban J connectivity index is 2.42. The van der Waals surface area contributed by atoms with E-state index in [-0.39, 0.29) is 27.8 Å². The molecule has 0 radical (unpaired) electrons. The molecule has 0 unspecified atom stereocenters. The molecule has 2 aromatic rings. The highest BCUT2D eigenvalue weighted by molar-refractivity contribution is 9.10. The van der Waals surface area contributed by atoms with E-state index in [2.05, 4.69) is 15.9 Å². The van der Waals surface area contributed by atoms with Crippen LogP contribution in [-0.4, -0.2) is 0 Å². The van der Waals surface area contributed by atoms with Crippen molar-refractivity contribution in [2.75, 3.05) is 5.73 Å². The smallest absolute Gasteiger partial charge is 0.267 e. The second-order valence-electron chi connectivity index (χ2n) is 3.90. The summed E-state index contributed by atoms with van der Waals surface area (Å²) in [5, 5.41) is -0.101. The van der Waals surface area contributed by atoms with Crippen LogP contribution in [0.3, 0.4) is 0 Å². The van der Waals surface area contributed by atoms with Crippen LogP contribution in [0.2, 0.25) is 5.02 Å². The van der Waals surface area contributed by atoms with E-state index >= 15 is 0 Å². The predicted molar refractivity (Wildman–Crippen MR) is 75.0 cm³/mol. The van der Waals surface area contributed by atoms with Gasteiger partial charge in [-0.3, -0.25) is 0 Å². The van der Waals surface area contributed by atoms with Gasteiger partial charge >= 0.3 is 0 Å². The molecule has 0 spiro atoms. The van der Waals surface area contributed by atoms with Crippen LogP contribution in [0.15, 0.2) is 34.8 Å². The van der Waals surface area contributed by atoms with Gasteiger partial charge in [0.1, 0.15) is 17.3 Å². The fourth-order valence-electron chi connectivity index (χ4n) is 1.53. The summed E-state index contributed by atoms with van der Waals surface area (Å²) in [5.41, 5.74) is 5.28. The molecule has 0 aliphatic rings. The highest BCUT2D eigenvalue weighted by atomic mass is 79.9. The van der Waals surface area contributed by atoms with Gasteiger partial charge < -0.3 is 10.5 Å². The number of nitrogens with two attached hydrogens (primary N) is 1. The summed E-state index contributed by atoms with van der Waals surface area (Å²) < 4.78 is 44.9. The van der Waals surface area contributed by atoms with Crippen LogP contribution in [0.4, 0.5) is 18.9 Å². The van der Waals surface area contributed by atoms with Crippen molar-refractivity contribution in [1.29, 1.82) is 0 Å². The standard InChI is InChI=1S/C13H8BrClF3NO/c14-8-4-9(15)10(16)5-12(8)20-11-2-1-6(19)3-7(11)13(17)18/h1-5,13H,19H2. The van der Waals surface area contributed by atoms with E-state index in [9.17, 15) is 13.2 Å². The van der Waals surface area contributed by atoms with Crippen LogP contribution in [0.25, 0.3) is 0 Å². The minimum Gasteiger partial charge on any atom is -0.456 e. The monoisotopic (exact) mass is 365 g/mol. The molecule has 0 aliphatic heterocycles. The van der Waals surface area contributed by atoms with Crippen molar-refractivity contribution in [1.82, 2.24) is 0 Å². The Morgan fingerprint density at radius 3 is 2.50 bits per heavy atom. The number of halogens is 5. The molecule has 0 bridgehead atoms. The van der Waals surface area contributed by atoms with Gasteiger partial charge in [-0.05, 0) is 40.2 Å². The third-order valence-corrected chi connectivity index (χ3v) is 3.37. The Bertz CT molecular complexity index is 652. The average molecular weight is 367 g/mol. The average Bonchev–Trinajstić information content (AvgIpc) is 2.37. The number of ether oxygens (including phenoxy) is 1. The first-order chi connectivity index (χ1) is 9.38. The van der Waals surface area contributed by atoms with E-state index < -0.39 is 12.2 Å². The summed E-state index contributed by atoms with van der Waals surface area (Å²) in [6.45, 7) is 0. The molecule has 0 fully saturated rings. The van der Waals surface area contributed by atoms with Gasteiger partial charge in [0.25, 0.3) is 6.43 Å². The molecule has 0 saturated carbocycles. The Morgan fingerprint density at radius 2 is 1.85 bits per heavy atom. The van der Waals surface area contributed by atoms with Gasteiger partial charge in [-0.1, -0.05) is 11.6 Å². The quantitative estimate of drug-likeness (QED) is 0.570. The topological polar surface area (TPSA) is 35.2 Å². The first-order valence-electron chi connectivity index (χ1n) is 5.38. The SMILES string of the molecule is Nc1ccc(Oc2cc(F)c(Cl)cc2Br)c(C(F)F)c1. The van der Waals surface area contributed by atoms with E-state index in [0.717, 1.165) is 12.1 Å². The predicted octanol–water partition coefficient (Wildman–Crippen LogP) is 5.55. The lowest BCUT2D eigenvalue weighted by atomic mass is 10.2. The lowest BCUT2D eigenvalue weighted by Gasteiger charge is -2.13. The van der Waals surface area contributed by atoms with Gasteiger partial charge in [-0.25, -0.2) is 13.2 Å². The second kappa shape index (κ2) is 5.93. The first kappa shape index (κ1) is 15.0. The van der Waals surface area contributed by atoms with Crippen LogP contribution in [0.1, 0.15) is 12.0 Å². The largest absolute Gasteiger partial charge is 0.456 e. The van der Waals surface area contributed by atoms with Crippen molar-refractivity contribution in [3.63, 3.8) is 0 Å². The molecular weight excluding hydrogens is 358 g/mol. The van der Waals surface area contributed by atoms with E-state index in [4.69, 9.17) is 22.1 Å². The van der Waals surface area contributed by atoms with Crippen molar-refractivity contribution < 1.29 is 17.9 Å². The van der Waals surface area contributed by atoms with Crippen molar-refractivity contribution in [3.05, 3.63) is 51.2 Å². The minimum absolute atomic E-state index is 0.0403. The van der Waals surface area contributed by atoms with E-state index in [1.165, 1.54) is 18.2 Å². The molecule has 0 saturated heterocycles. The van der Waals surface area contributed by atoms with Gasteiger partial charge in [0, 0.05) is 11.8 Å². The summed E-state index contributed by atoms with van der Waals surface area (Å²) in [7, 11) is 0. The molecule has 2 aromatic carbocycles. The Labute approximate surface area is 126 Å². The normalized spacial score (nSPS) is 10.9. The molecule has 106 valence electrons. The number of hydrogen-bond donors (Lipinski definition) is 1. The van der Waals surface area contributed by atoms with Crippen molar-refractivity contribution in [2.24, 2.45) is 0 Å². The van der Waals surface area contributed by atoms with Gasteiger partial charge in [-0.15, -0.1) is 0 Å². The number of alkyl halides is 2. The zero-order valence-corrected chi connectivity index (χ0v) is 12.2. The van der Waals surface area contributed by atoms with Crippen molar-refractivity contribution in [3.8, 4) is 11.5 Å². The Hall–Kier alpha value is -1.40. The van der Waals surface area contributed by atoms with Gasteiger partial charge in [0.2, 0.25) is 0 Å². The van der Waals surface area contributed by atoms with Gasteiger partial charge in [0.05, 0.1) is 15.1 Å². The van der Waals surface area contributed by atoms with Crippen molar-refractivity contribution >= 4 is 33.2 Å². The summed E-state index contributed by atoms with van der Waals surface area (Å²) in [5.74, 6) is -0.769. The summed E-state index contributed by atoms with van der Waals surface area (Å²) in [6, 6.07) is 6.13. The van der Waals surface area contributed by atoms with Gasteiger partial charge in [0.15, 0.2) is 0 Å². The molecule has 2 N–H and O–H groups in total. The fourth-order valence-corrected chi connectivity index (χ4v) is 2.25. The third kappa shape index (κ3) is 3.19. The molecular formula is C13H8BrClF3NO. The maximum atomic E-state index is 13.4. The molecule has 0 aromatic heterocycles. The van der Waals surface area contributed by atoms with Crippen LogP contribution >= 0.6 is 27.5 Å². The Morgan fingerprint density at radius 1 is 1.15 bits per heavy atom. The first-order valence-corrected chi connectivity index (χ1v) is 6.55. The van der Waals surface area contributed by atoms with Gasteiger partial charge in [-0.2, -0.15) is 0 Å². The Kier molecular flexibility index (Phi) is 4.45. The molecule has 2 rings (SSSR count). The number of anilines is 1. The highest BCUT2D eigenvalue weighted by Crippen LogP contribution is 2.38. The number of benzene rings is 2. The van der Waals surface area contributed by atoms with Crippen LogP contribution in [0, 0.1) is 5.82 Å². The lowest BCUT2D eigenvalue weighted by molar-refractivity contribution is 0.148. The number of hydrogen-bond acceptors (Lipinski definition) is 2. The third-order valence-electron chi connectivity index (χ3n) is 2.46. The van der Waals surface area contributed by atoms with Crippen molar-refractivity contribution in [2.45, 2.75) is 6.43 Å². The fraction of sp³-hybridized carbons (Fsp3) is 0.0769. The van der Waals surface area contributed by atoms with Crippen LogP contribution in [0.5, 0.6) is 11.5 Å². The molecule has 20 heavy (non-hydrogen) atoms. The molecule has 7 heteroatoms. The summed E-state index contributed by atoms with van der Waals surface area (Å²) >= 11 is 8.72. The zero-order valence-electron chi connectivity index (χ0n) is 9.84. The van der Waals surface area contributed by atoms with Crippen LogP contribution in [-0.2, 0) is 0 Å². The second-order valence-corrected chi connectivity index (χ2v) is 5.16. The van der Waals surface area contributed by atoms with Crippen LogP contribution < -0.4 is 10.5 Å². The van der Waals surface area contributed by atoms with E-state index in [0.29, 0.717) is 4.47 Å². The highest BCUT2D eigenvalue weighted by Gasteiger charge is 2.17.